The second-order valence-electron chi connectivity index (χ2n) is 4.87. The fourth-order valence-electron chi connectivity index (χ4n) is 2.42. The molecule has 6 heteroatoms. The highest BCUT2D eigenvalue weighted by molar-refractivity contribution is 7.89. The molecule has 0 spiro atoms. The van der Waals surface area contributed by atoms with Gasteiger partial charge in [0, 0.05) is 6.54 Å². The minimum absolute atomic E-state index is 0.0597. The van der Waals surface area contributed by atoms with Gasteiger partial charge >= 0.3 is 0 Å². The van der Waals surface area contributed by atoms with Crippen LogP contribution in [0.3, 0.4) is 0 Å². The van der Waals surface area contributed by atoms with Crippen LogP contribution in [0.25, 0.3) is 0 Å². The van der Waals surface area contributed by atoms with E-state index in [9.17, 15) is 8.42 Å². The van der Waals surface area contributed by atoms with Crippen molar-refractivity contribution in [3.05, 3.63) is 23.8 Å². The first kappa shape index (κ1) is 14.3. The van der Waals surface area contributed by atoms with Crippen molar-refractivity contribution in [3.63, 3.8) is 0 Å². The predicted octanol–water partition coefficient (Wildman–Crippen LogP) is 1.33. The van der Waals surface area contributed by atoms with E-state index in [-0.39, 0.29) is 4.90 Å². The number of likely N-dealkylation sites (tertiary alicyclic amines) is 1. The van der Waals surface area contributed by atoms with Gasteiger partial charge in [-0.3, -0.25) is 4.90 Å². The maximum atomic E-state index is 11.5. The van der Waals surface area contributed by atoms with Crippen LogP contribution in [0.15, 0.2) is 23.1 Å². The Morgan fingerprint density at radius 3 is 2.53 bits per heavy atom. The van der Waals surface area contributed by atoms with Gasteiger partial charge in [-0.05, 0) is 43.6 Å². The van der Waals surface area contributed by atoms with Crippen molar-refractivity contribution in [1.29, 1.82) is 0 Å². The Morgan fingerprint density at radius 2 is 1.95 bits per heavy atom. The first-order valence-corrected chi connectivity index (χ1v) is 7.97. The number of rotatable bonds is 4. The second-order valence-corrected chi connectivity index (χ2v) is 6.40. The molecule has 0 aromatic heterocycles. The van der Waals surface area contributed by atoms with E-state index in [2.05, 4.69) is 4.90 Å². The molecule has 0 atom stereocenters. The van der Waals surface area contributed by atoms with E-state index in [0.717, 1.165) is 25.2 Å². The molecule has 1 aromatic rings. The van der Waals surface area contributed by atoms with Gasteiger partial charge in [0.25, 0.3) is 0 Å². The first-order chi connectivity index (χ1) is 9.00. The normalized spacial score (nSPS) is 17.4. The molecule has 0 aliphatic carbocycles. The van der Waals surface area contributed by atoms with Crippen molar-refractivity contribution < 1.29 is 13.2 Å². The summed E-state index contributed by atoms with van der Waals surface area (Å²) in [6.07, 6.45) is 3.69. The topological polar surface area (TPSA) is 72.6 Å². The molecule has 0 unspecified atom stereocenters. The highest BCUT2D eigenvalue weighted by atomic mass is 32.2. The molecule has 1 fully saturated rings. The smallest absolute Gasteiger partial charge is 0.241 e. The van der Waals surface area contributed by atoms with Crippen molar-refractivity contribution in [1.82, 2.24) is 4.90 Å². The van der Waals surface area contributed by atoms with Crippen molar-refractivity contribution in [2.24, 2.45) is 5.14 Å². The lowest BCUT2D eigenvalue weighted by Gasteiger charge is -2.26. The van der Waals surface area contributed by atoms with E-state index in [4.69, 9.17) is 9.88 Å². The maximum Gasteiger partial charge on any atom is 0.241 e. The summed E-state index contributed by atoms with van der Waals surface area (Å²) in [4.78, 5) is 2.39. The zero-order valence-electron chi connectivity index (χ0n) is 11.1. The van der Waals surface area contributed by atoms with Crippen LogP contribution >= 0.6 is 0 Å². The summed E-state index contributed by atoms with van der Waals surface area (Å²) in [5, 5.41) is 5.21. The quantitative estimate of drug-likeness (QED) is 0.905. The SMILES string of the molecule is COc1ccc(CN2CCCCC2)cc1S(N)(=O)=O. The zero-order valence-corrected chi connectivity index (χ0v) is 11.9. The van der Waals surface area contributed by atoms with Gasteiger partial charge in [-0.25, -0.2) is 13.6 Å². The Hall–Kier alpha value is -1.11. The molecule has 0 bridgehead atoms. The monoisotopic (exact) mass is 284 g/mol. The van der Waals surface area contributed by atoms with E-state index in [1.165, 1.54) is 26.4 Å². The minimum atomic E-state index is -3.75. The number of methoxy groups -OCH3 is 1. The Kier molecular flexibility index (Phi) is 4.44. The summed E-state index contributed by atoms with van der Waals surface area (Å²) in [6.45, 7) is 2.89. The average Bonchev–Trinajstić information content (AvgIpc) is 2.39. The fraction of sp³-hybridized carbons (Fsp3) is 0.538. The molecule has 2 rings (SSSR count). The van der Waals surface area contributed by atoms with Gasteiger partial charge in [0.15, 0.2) is 0 Å². The second kappa shape index (κ2) is 5.90. The summed E-state index contributed by atoms with van der Waals surface area (Å²) in [5.74, 6) is 0.296. The molecule has 1 aromatic carbocycles. The van der Waals surface area contributed by atoms with Gasteiger partial charge in [-0.2, -0.15) is 0 Å². The van der Waals surface area contributed by atoms with Crippen LogP contribution in [0.1, 0.15) is 24.8 Å². The van der Waals surface area contributed by atoms with Crippen molar-refractivity contribution in [2.45, 2.75) is 30.7 Å². The number of piperidine rings is 1. The van der Waals surface area contributed by atoms with Crippen LogP contribution < -0.4 is 9.88 Å². The number of nitrogens with zero attached hydrogens (tertiary/aromatic N) is 1. The van der Waals surface area contributed by atoms with Crippen LogP contribution in [0.2, 0.25) is 0 Å². The number of hydrogen-bond donors (Lipinski definition) is 1. The van der Waals surface area contributed by atoms with Gasteiger partial charge < -0.3 is 4.74 Å². The molecule has 19 heavy (non-hydrogen) atoms. The zero-order chi connectivity index (χ0) is 13.9. The van der Waals surface area contributed by atoms with Crippen molar-refractivity contribution in [3.8, 4) is 5.75 Å². The van der Waals surface area contributed by atoms with Gasteiger partial charge in [-0.15, -0.1) is 0 Å². The molecule has 1 aliphatic heterocycles. The summed E-state index contributed by atoms with van der Waals surface area (Å²) >= 11 is 0. The Balaban J connectivity index is 2.22. The van der Waals surface area contributed by atoms with Crippen LogP contribution in [-0.4, -0.2) is 33.5 Å². The summed E-state index contributed by atoms with van der Waals surface area (Å²) in [6, 6.07) is 5.17. The molecular formula is C13H20N2O3S. The van der Waals surface area contributed by atoms with Crippen molar-refractivity contribution in [2.75, 3.05) is 20.2 Å². The number of ether oxygens (including phenoxy) is 1. The molecule has 1 aliphatic rings. The maximum absolute atomic E-state index is 11.5. The summed E-state index contributed by atoms with van der Waals surface area (Å²) < 4.78 is 28.1. The van der Waals surface area contributed by atoms with E-state index in [0.29, 0.717) is 5.75 Å². The summed E-state index contributed by atoms with van der Waals surface area (Å²) in [7, 11) is -2.31. The van der Waals surface area contributed by atoms with Crippen LogP contribution in [0.5, 0.6) is 5.75 Å². The highest BCUT2D eigenvalue weighted by Gasteiger charge is 2.17. The average molecular weight is 284 g/mol. The molecule has 0 saturated carbocycles. The molecule has 0 radical (unpaired) electrons. The lowest BCUT2D eigenvalue weighted by molar-refractivity contribution is 0.220. The lowest BCUT2D eigenvalue weighted by Crippen LogP contribution is -2.29. The Labute approximate surface area is 114 Å². The van der Waals surface area contributed by atoms with Gasteiger partial charge in [0.1, 0.15) is 10.6 Å². The summed E-state index contributed by atoms with van der Waals surface area (Å²) in [5.41, 5.74) is 0.951. The van der Waals surface area contributed by atoms with Gasteiger partial charge in [-0.1, -0.05) is 12.5 Å². The van der Waals surface area contributed by atoms with Crippen LogP contribution in [0.4, 0.5) is 0 Å². The first-order valence-electron chi connectivity index (χ1n) is 6.43. The highest BCUT2D eigenvalue weighted by Crippen LogP contribution is 2.24. The van der Waals surface area contributed by atoms with Gasteiger partial charge in [0.05, 0.1) is 7.11 Å². The molecule has 106 valence electrons. The third-order valence-corrected chi connectivity index (χ3v) is 4.32. The van der Waals surface area contributed by atoms with Crippen LogP contribution in [0, 0.1) is 0 Å². The van der Waals surface area contributed by atoms with Crippen LogP contribution in [-0.2, 0) is 16.6 Å². The molecule has 0 amide bonds. The molecular weight excluding hydrogens is 264 g/mol. The van der Waals surface area contributed by atoms with Gasteiger partial charge in [0.2, 0.25) is 10.0 Å². The number of primary sulfonamides is 1. The fourth-order valence-corrected chi connectivity index (χ4v) is 3.16. The lowest BCUT2D eigenvalue weighted by atomic mass is 10.1. The molecule has 2 N–H and O–H groups in total. The molecule has 1 heterocycles. The number of nitrogens with two attached hydrogens (primary N) is 1. The minimum Gasteiger partial charge on any atom is -0.495 e. The van der Waals surface area contributed by atoms with Crippen molar-refractivity contribution >= 4 is 10.0 Å². The molecule has 1 saturated heterocycles. The number of hydrogen-bond acceptors (Lipinski definition) is 4. The number of sulfonamides is 1. The number of benzene rings is 1. The van der Waals surface area contributed by atoms with E-state index in [1.54, 1.807) is 12.1 Å². The van der Waals surface area contributed by atoms with E-state index >= 15 is 0 Å². The Morgan fingerprint density at radius 1 is 1.26 bits per heavy atom. The largest absolute Gasteiger partial charge is 0.495 e. The van der Waals surface area contributed by atoms with E-state index < -0.39 is 10.0 Å². The van der Waals surface area contributed by atoms with E-state index in [1.807, 2.05) is 6.07 Å². The Bertz CT molecular complexity index is 537. The standard InChI is InChI=1S/C13H20N2O3S/c1-18-12-6-5-11(9-13(12)19(14,16)17)10-15-7-3-2-4-8-15/h5-6,9H,2-4,7-8,10H2,1H3,(H2,14,16,17). The molecule has 5 nitrogen and oxygen atoms in total. The third-order valence-electron chi connectivity index (χ3n) is 3.39. The third kappa shape index (κ3) is 3.68. The predicted molar refractivity (Wildman–Crippen MR) is 73.5 cm³/mol.